The Morgan fingerprint density at radius 3 is 2.79 bits per heavy atom. The summed E-state index contributed by atoms with van der Waals surface area (Å²) in [6.45, 7) is 3.68. The molecule has 1 aromatic rings. The second kappa shape index (κ2) is 4.31. The Hall–Kier alpha value is -0.550. The van der Waals surface area contributed by atoms with Crippen molar-refractivity contribution in [3.8, 4) is 0 Å². The zero-order valence-corrected chi connectivity index (χ0v) is 10.5. The number of anilines is 1. The van der Waals surface area contributed by atoms with E-state index in [9.17, 15) is 4.21 Å². The summed E-state index contributed by atoms with van der Waals surface area (Å²) >= 11 is 3.39. The lowest BCUT2D eigenvalue weighted by Crippen LogP contribution is -2.13. The van der Waals surface area contributed by atoms with Gasteiger partial charge in [-0.3, -0.25) is 4.72 Å². The van der Waals surface area contributed by atoms with Crippen molar-refractivity contribution in [2.45, 2.75) is 13.8 Å². The van der Waals surface area contributed by atoms with Crippen LogP contribution >= 0.6 is 15.9 Å². The Morgan fingerprint density at radius 2 is 2.21 bits per heavy atom. The van der Waals surface area contributed by atoms with E-state index in [2.05, 4.69) is 20.7 Å². The third-order valence-electron chi connectivity index (χ3n) is 1.87. The maximum atomic E-state index is 11.5. The van der Waals surface area contributed by atoms with Gasteiger partial charge in [0.1, 0.15) is 9.92 Å². The molecule has 0 spiro atoms. The van der Waals surface area contributed by atoms with Gasteiger partial charge in [0.05, 0.1) is 5.69 Å². The van der Waals surface area contributed by atoms with Crippen LogP contribution in [0, 0.1) is 11.7 Å². The number of hydrogen-bond donors (Lipinski definition) is 2. The van der Waals surface area contributed by atoms with Gasteiger partial charge >= 0.3 is 0 Å². The van der Waals surface area contributed by atoms with Gasteiger partial charge in [-0.1, -0.05) is 19.1 Å². The minimum Gasteiger partial charge on any atom is -0.298 e. The summed E-state index contributed by atoms with van der Waals surface area (Å²) in [7, 11) is -2.69. The van der Waals surface area contributed by atoms with Gasteiger partial charge in [0.2, 0.25) is 0 Å². The Bertz CT molecular complexity index is 428. The molecule has 1 atom stereocenters. The van der Waals surface area contributed by atoms with Crippen LogP contribution in [0.3, 0.4) is 0 Å². The molecule has 0 aliphatic heterocycles. The summed E-state index contributed by atoms with van der Waals surface area (Å²) in [5, 5.41) is 0. The fourth-order valence-corrected chi connectivity index (χ4v) is 2.14. The van der Waals surface area contributed by atoms with Crippen LogP contribution in [0.25, 0.3) is 0 Å². The molecule has 1 unspecified atom stereocenters. The maximum Gasteiger partial charge on any atom is 0.126 e. The number of halogens is 1. The molecule has 0 radical (unpaired) electrons. The van der Waals surface area contributed by atoms with Crippen LogP contribution in [0.15, 0.2) is 22.7 Å². The number of benzene rings is 1. The summed E-state index contributed by atoms with van der Waals surface area (Å²) < 4.78 is 22.6. The lowest BCUT2D eigenvalue weighted by Gasteiger charge is -2.11. The third-order valence-corrected chi connectivity index (χ3v) is 4.29. The lowest BCUT2D eigenvalue weighted by atomic mass is 10.2. The molecule has 3 nitrogen and oxygen atoms in total. The van der Waals surface area contributed by atoms with Gasteiger partial charge in [-0.25, -0.2) is 8.99 Å². The molecular weight excluding hydrogens is 264 g/mol. The van der Waals surface area contributed by atoms with Crippen molar-refractivity contribution in [3.63, 3.8) is 0 Å². The summed E-state index contributed by atoms with van der Waals surface area (Å²) in [5.41, 5.74) is 1.77. The molecule has 0 heterocycles. The molecule has 0 aromatic heterocycles. The fourth-order valence-electron chi connectivity index (χ4n) is 0.976. The van der Waals surface area contributed by atoms with E-state index in [1.54, 1.807) is 13.0 Å². The highest BCUT2D eigenvalue weighted by Crippen LogP contribution is 2.26. The average Bonchev–Trinajstić information content (AvgIpc) is 2.13. The molecule has 0 aliphatic carbocycles. The predicted octanol–water partition coefficient (Wildman–Crippen LogP) is 3.15. The van der Waals surface area contributed by atoms with Gasteiger partial charge in [0.25, 0.3) is 0 Å². The molecule has 0 fully saturated rings. The quantitative estimate of drug-likeness (QED) is 0.876. The van der Waals surface area contributed by atoms with Crippen molar-refractivity contribution in [3.05, 3.63) is 28.2 Å². The summed E-state index contributed by atoms with van der Waals surface area (Å²) in [6.07, 6.45) is 0. The van der Waals surface area contributed by atoms with E-state index in [1.807, 2.05) is 19.1 Å². The SMILES string of the molecule is CCS(=N)(=O)Nc1cccc(C)c1Br. The van der Waals surface area contributed by atoms with Crippen LogP contribution in [-0.4, -0.2) is 9.96 Å². The highest BCUT2D eigenvalue weighted by Gasteiger charge is 2.06. The molecule has 5 heteroatoms. The van der Waals surface area contributed by atoms with Crippen LogP contribution < -0.4 is 4.72 Å². The first-order chi connectivity index (χ1) is 6.46. The highest BCUT2D eigenvalue weighted by atomic mass is 79.9. The van der Waals surface area contributed by atoms with Crippen LogP contribution in [0.4, 0.5) is 5.69 Å². The second-order valence-corrected chi connectivity index (χ2v) is 5.93. The van der Waals surface area contributed by atoms with Crippen LogP contribution in [0.2, 0.25) is 0 Å². The van der Waals surface area contributed by atoms with Gasteiger partial charge in [-0.15, -0.1) is 0 Å². The van der Waals surface area contributed by atoms with E-state index in [-0.39, 0.29) is 0 Å². The maximum absolute atomic E-state index is 11.5. The van der Waals surface area contributed by atoms with E-state index >= 15 is 0 Å². The molecule has 0 saturated heterocycles. The Morgan fingerprint density at radius 1 is 1.57 bits per heavy atom. The Balaban J connectivity index is 3.05. The van der Waals surface area contributed by atoms with Crippen molar-refractivity contribution in [1.82, 2.24) is 0 Å². The minimum atomic E-state index is -2.69. The highest BCUT2D eigenvalue weighted by molar-refractivity contribution is 9.10. The normalized spacial score (nSPS) is 14.8. The molecule has 14 heavy (non-hydrogen) atoms. The molecule has 0 saturated carbocycles. The van der Waals surface area contributed by atoms with Crippen molar-refractivity contribution < 1.29 is 4.21 Å². The smallest absolute Gasteiger partial charge is 0.126 e. The summed E-state index contributed by atoms with van der Waals surface area (Å²) in [6, 6.07) is 5.63. The summed E-state index contributed by atoms with van der Waals surface area (Å²) in [4.78, 5) is 0. The molecule has 2 N–H and O–H groups in total. The summed E-state index contributed by atoms with van der Waals surface area (Å²) in [5.74, 6) is 0.299. The van der Waals surface area contributed by atoms with Crippen molar-refractivity contribution in [1.29, 1.82) is 4.78 Å². The molecule has 78 valence electrons. The zero-order valence-electron chi connectivity index (χ0n) is 8.13. The van der Waals surface area contributed by atoms with Crippen LogP contribution in [0.5, 0.6) is 0 Å². The Labute approximate surface area is 93.1 Å². The Kier molecular flexibility index (Phi) is 3.55. The van der Waals surface area contributed by atoms with Crippen LogP contribution in [-0.2, 0) is 9.92 Å². The zero-order chi connectivity index (χ0) is 10.8. The second-order valence-electron chi connectivity index (χ2n) is 3.00. The lowest BCUT2D eigenvalue weighted by molar-refractivity contribution is 0.679. The first-order valence-electron chi connectivity index (χ1n) is 4.25. The predicted molar refractivity (Wildman–Crippen MR) is 63.9 cm³/mol. The average molecular weight is 277 g/mol. The molecule has 0 bridgehead atoms. The van der Waals surface area contributed by atoms with Crippen LogP contribution in [0.1, 0.15) is 12.5 Å². The van der Waals surface area contributed by atoms with Crippen molar-refractivity contribution in [2.24, 2.45) is 0 Å². The number of aryl methyl sites for hydroxylation is 1. The van der Waals surface area contributed by atoms with Crippen molar-refractivity contribution in [2.75, 3.05) is 10.5 Å². The number of nitrogens with one attached hydrogen (secondary N) is 2. The minimum absolute atomic E-state index is 0.299. The largest absolute Gasteiger partial charge is 0.298 e. The van der Waals surface area contributed by atoms with E-state index in [0.29, 0.717) is 11.4 Å². The van der Waals surface area contributed by atoms with Gasteiger partial charge in [-0.2, -0.15) is 0 Å². The third kappa shape index (κ3) is 2.72. The molecular formula is C9H13BrN2OS. The molecule has 1 rings (SSSR count). The van der Waals surface area contributed by atoms with E-state index in [1.165, 1.54) is 0 Å². The van der Waals surface area contributed by atoms with Crippen molar-refractivity contribution >= 4 is 31.5 Å². The first-order valence-corrected chi connectivity index (χ1v) is 6.77. The van der Waals surface area contributed by atoms with E-state index in [4.69, 9.17) is 4.78 Å². The standard InChI is InChI=1S/C9H13BrN2OS/c1-3-14(11,13)12-8-6-4-5-7(2)9(8)10/h4-6H,3H2,1-2H3,(H2,11,12,13). The van der Waals surface area contributed by atoms with E-state index in [0.717, 1.165) is 10.0 Å². The molecule has 1 aromatic carbocycles. The fraction of sp³-hybridized carbons (Fsp3) is 0.333. The van der Waals surface area contributed by atoms with Gasteiger partial charge in [0.15, 0.2) is 0 Å². The molecule has 0 amide bonds. The van der Waals surface area contributed by atoms with Gasteiger partial charge in [0, 0.05) is 10.2 Å². The number of rotatable bonds is 3. The van der Waals surface area contributed by atoms with Gasteiger partial charge < -0.3 is 0 Å². The number of hydrogen-bond acceptors (Lipinski definition) is 2. The first kappa shape index (κ1) is 11.5. The topological polar surface area (TPSA) is 53.0 Å². The van der Waals surface area contributed by atoms with Gasteiger partial charge in [-0.05, 0) is 34.5 Å². The molecule has 0 aliphatic rings. The van der Waals surface area contributed by atoms with E-state index < -0.39 is 9.92 Å². The monoisotopic (exact) mass is 276 g/mol.